The number of esters is 1. The number of benzene rings is 2. The molecule has 4 rings (SSSR count). The average Bonchev–Trinajstić information content (AvgIpc) is 3.38. The minimum atomic E-state index is -0.290. The predicted molar refractivity (Wildman–Crippen MR) is 133 cm³/mol. The molecule has 2 aromatic heterocycles. The molecule has 0 aliphatic carbocycles. The number of H-pyrrole nitrogens is 1. The molecule has 0 aliphatic heterocycles. The van der Waals surface area contributed by atoms with Crippen molar-refractivity contribution in [2.24, 2.45) is 0 Å². The van der Waals surface area contributed by atoms with Crippen LogP contribution in [0.25, 0.3) is 10.9 Å². The number of ether oxygens (including phenoxy) is 1. The topological polar surface area (TPSA) is 71.2 Å². The summed E-state index contributed by atoms with van der Waals surface area (Å²) in [6, 6.07) is 16.2. The van der Waals surface area contributed by atoms with E-state index in [0.29, 0.717) is 0 Å². The van der Waals surface area contributed by atoms with Gasteiger partial charge in [-0.3, -0.25) is 9.59 Å². The number of nitrogens with one attached hydrogen (secondary N) is 2. The lowest BCUT2D eigenvalue weighted by Crippen LogP contribution is -2.30. The lowest BCUT2D eigenvalue weighted by molar-refractivity contribution is -0.139. The van der Waals surface area contributed by atoms with Crippen LogP contribution in [0, 0.1) is 20.8 Å². The maximum Gasteiger partial charge on any atom is 0.310 e. The van der Waals surface area contributed by atoms with Gasteiger partial charge >= 0.3 is 5.97 Å². The number of methoxy groups -OCH3 is 1. The summed E-state index contributed by atoms with van der Waals surface area (Å²) < 4.78 is 4.80. The Labute approximate surface area is 197 Å². The summed E-state index contributed by atoms with van der Waals surface area (Å²) in [5.41, 5.74) is 6.16. The van der Waals surface area contributed by atoms with Gasteiger partial charge in [0.15, 0.2) is 0 Å². The Bertz CT molecular complexity index is 1320. The van der Waals surface area contributed by atoms with Crippen molar-refractivity contribution in [3.8, 4) is 0 Å². The van der Waals surface area contributed by atoms with Gasteiger partial charge in [-0.05, 0) is 67.3 Å². The van der Waals surface area contributed by atoms with Crippen LogP contribution in [0.15, 0.2) is 54.7 Å². The summed E-state index contributed by atoms with van der Waals surface area (Å²) in [7, 11) is 1.38. The normalized spacial score (nSPS) is 12.0. The van der Waals surface area contributed by atoms with Crippen molar-refractivity contribution in [3.05, 3.63) is 92.3 Å². The average molecular weight is 461 g/mol. The molecule has 0 spiro atoms. The lowest BCUT2D eigenvalue weighted by Gasteiger charge is -2.21. The molecule has 170 valence electrons. The number of rotatable bonds is 7. The van der Waals surface area contributed by atoms with E-state index < -0.39 is 0 Å². The maximum atomic E-state index is 13.1. The van der Waals surface area contributed by atoms with Crippen LogP contribution in [-0.4, -0.2) is 24.0 Å². The van der Waals surface area contributed by atoms with Gasteiger partial charge < -0.3 is 15.0 Å². The molecule has 1 unspecified atom stereocenters. The quantitative estimate of drug-likeness (QED) is 0.367. The third-order valence-electron chi connectivity index (χ3n) is 5.85. The molecule has 2 N–H and O–H groups in total. The van der Waals surface area contributed by atoms with Crippen molar-refractivity contribution in [2.75, 3.05) is 7.11 Å². The molecule has 1 amide bonds. The van der Waals surface area contributed by atoms with Gasteiger partial charge in [0.05, 0.1) is 26.0 Å². The smallest absolute Gasteiger partial charge is 0.310 e. The first-order valence-corrected chi connectivity index (χ1v) is 11.7. The number of aromatic amines is 1. The highest BCUT2D eigenvalue weighted by Gasteiger charge is 2.21. The molecule has 33 heavy (non-hydrogen) atoms. The molecule has 2 aromatic carbocycles. The molecule has 5 nitrogen and oxygen atoms in total. The zero-order valence-electron chi connectivity index (χ0n) is 19.3. The Morgan fingerprint density at radius 2 is 1.85 bits per heavy atom. The SMILES string of the molecule is COC(=O)Cc1c[nH]c2ccc(CC(=O)NC(c3ccc(C)s3)c3ccc(C)cc3C)cc12. The van der Waals surface area contributed by atoms with Gasteiger partial charge in [-0.2, -0.15) is 0 Å². The van der Waals surface area contributed by atoms with E-state index in [0.717, 1.165) is 38.0 Å². The van der Waals surface area contributed by atoms with Crippen LogP contribution >= 0.6 is 11.3 Å². The molecule has 0 bridgehead atoms. The van der Waals surface area contributed by atoms with Gasteiger partial charge in [0.25, 0.3) is 0 Å². The summed E-state index contributed by atoms with van der Waals surface area (Å²) in [6.45, 7) is 6.24. The highest BCUT2D eigenvalue weighted by molar-refractivity contribution is 7.12. The first-order valence-electron chi connectivity index (χ1n) is 10.9. The Morgan fingerprint density at radius 3 is 2.55 bits per heavy atom. The molecule has 0 saturated carbocycles. The molecule has 4 aromatic rings. The minimum Gasteiger partial charge on any atom is -0.469 e. The van der Waals surface area contributed by atoms with Crippen LogP contribution in [0.3, 0.4) is 0 Å². The van der Waals surface area contributed by atoms with Crippen molar-refractivity contribution in [1.29, 1.82) is 0 Å². The fraction of sp³-hybridized carbons (Fsp3) is 0.259. The van der Waals surface area contributed by atoms with Crippen molar-refractivity contribution < 1.29 is 14.3 Å². The zero-order chi connectivity index (χ0) is 23.5. The summed E-state index contributed by atoms with van der Waals surface area (Å²) in [6.07, 6.45) is 2.27. The zero-order valence-corrected chi connectivity index (χ0v) is 20.1. The second-order valence-electron chi connectivity index (χ2n) is 8.43. The monoisotopic (exact) mass is 460 g/mol. The molecule has 6 heteroatoms. The van der Waals surface area contributed by atoms with Gasteiger partial charge in [-0.1, -0.05) is 29.8 Å². The van der Waals surface area contributed by atoms with Crippen molar-refractivity contribution >= 4 is 34.1 Å². The number of aryl methyl sites for hydroxylation is 3. The van der Waals surface area contributed by atoms with Crippen molar-refractivity contribution in [2.45, 2.75) is 39.7 Å². The van der Waals surface area contributed by atoms with Gasteiger partial charge in [-0.25, -0.2) is 0 Å². The molecule has 2 heterocycles. The molecule has 0 radical (unpaired) electrons. The van der Waals surface area contributed by atoms with Crippen LogP contribution in [0.4, 0.5) is 0 Å². The van der Waals surface area contributed by atoms with E-state index in [1.54, 1.807) is 11.3 Å². The Morgan fingerprint density at radius 1 is 1.03 bits per heavy atom. The van der Waals surface area contributed by atoms with Crippen LogP contribution < -0.4 is 5.32 Å². The molecular formula is C27H28N2O3S. The first kappa shape index (κ1) is 22.8. The number of carbonyl (C=O) groups excluding carboxylic acids is 2. The maximum absolute atomic E-state index is 13.1. The third-order valence-corrected chi connectivity index (χ3v) is 6.91. The molecular weight excluding hydrogens is 432 g/mol. The number of amides is 1. The minimum absolute atomic E-state index is 0.0459. The number of carbonyl (C=O) groups is 2. The highest BCUT2D eigenvalue weighted by atomic mass is 32.1. The molecule has 0 saturated heterocycles. The van der Waals surface area contributed by atoms with E-state index >= 15 is 0 Å². The lowest BCUT2D eigenvalue weighted by atomic mass is 9.97. The number of fused-ring (bicyclic) bond motifs is 1. The van der Waals surface area contributed by atoms with E-state index in [1.165, 1.54) is 17.6 Å². The predicted octanol–water partition coefficient (Wildman–Crippen LogP) is 5.32. The van der Waals surface area contributed by atoms with Crippen LogP contribution in [0.1, 0.15) is 43.6 Å². The summed E-state index contributed by atoms with van der Waals surface area (Å²) in [5.74, 6) is -0.336. The third kappa shape index (κ3) is 5.17. The van der Waals surface area contributed by atoms with Gasteiger partial charge in [0.2, 0.25) is 5.91 Å². The van der Waals surface area contributed by atoms with E-state index in [2.05, 4.69) is 61.4 Å². The first-order chi connectivity index (χ1) is 15.8. The second kappa shape index (κ2) is 9.63. The van der Waals surface area contributed by atoms with E-state index in [4.69, 9.17) is 4.74 Å². The van der Waals surface area contributed by atoms with Crippen LogP contribution in [0.5, 0.6) is 0 Å². The largest absolute Gasteiger partial charge is 0.469 e. The standard InChI is InChI=1S/C27H28N2O3S/c1-16-5-8-21(17(2)11-16)27(24-10-6-18(3)33-24)29-25(30)13-19-7-9-23-22(12-19)20(15-28-23)14-26(31)32-4/h5-12,15,27-28H,13-14H2,1-4H3,(H,29,30). The van der Waals surface area contributed by atoms with Crippen LogP contribution in [-0.2, 0) is 27.2 Å². The Hall–Kier alpha value is -3.38. The molecule has 0 fully saturated rings. The highest BCUT2D eigenvalue weighted by Crippen LogP contribution is 2.31. The fourth-order valence-corrected chi connectivity index (χ4v) is 5.11. The summed E-state index contributed by atoms with van der Waals surface area (Å²) in [4.78, 5) is 30.4. The van der Waals surface area contributed by atoms with E-state index in [9.17, 15) is 9.59 Å². The number of hydrogen-bond donors (Lipinski definition) is 2. The van der Waals surface area contributed by atoms with Crippen LogP contribution in [0.2, 0.25) is 0 Å². The summed E-state index contributed by atoms with van der Waals surface area (Å²) in [5, 5.41) is 4.19. The van der Waals surface area contributed by atoms with Crippen molar-refractivity contribution in [3.63, 3.8) is 0 Å². The van der Waals surface area contributed by atoms with E-state index in [-0.39, 0.29) is 30.8 Å². The van der Waals surface area contributed by atoms with Gasteiger partial charge in [0, 0.05) is 26.9 Å². The summed E-state index contributed by atoms with van der Waals surface area (Å²) >= 11 is 1.70. The van der Waals surface area contributed by atoms with Gasteiger partial charge in [-0.15, -0.1) is 11.3 Å². The molecule has 1 atom stereocenters. The van der Waals surface area contributed by atoms with Gasteiger partial charge in [0.1, 0.15) is 0 Å². The fourth-order valence-electron chi connectivity index (χ4n) is 4.17. The number of hydrogen-bond acceptors (Lipinski definition) is 4. The number of thiophene rings is 1. The number of aromatic nitrogens is 1. The van der Waals surface area contributed by atoms with E-state index in [1.807, 2.05) is 24.4 Å². The Balaban J connectivity index is 1.58. The Kier molecular flexibility index (Phi) is 6.65. The van der Waals surface area contributed by atoms with Crippen molar-refractivity contribution in [1.82, 2.24) is 10.3 Å². The molecule has 0 aliphatic rings. The second-order valence-corrected chi connectivity index (χ2v) is 9.75.